The number of fused-ring (bicyclic) bond motifs is 3. The molecule has 694 valence electrons. The van der Waals surface area contributed by atoms with E-state index in [1.54, 1.807) is 0 Å². The summed E-state index contributed by atoms with van der Waals surface area (Å²) in [5.41, 5.74) is 41.4. The van der Waals surface area contributed by atoms with Crippen LogP contribution < -0.4 is 19.6 Å². The first-order valence-corrected chi connectivity index (χ1v) is 50.3. The van der Waals surface area contributed by atoms with E-state index < -0.39 is 5.41 Å². The fourth-order valence-electron chi connectivity index (χ4n) is 20.9. The second-order valence-electron chi connectivity index (χ2n) is 36.7. The number of anilines is 12. The monoisotopic (exact) mass is 1910 g/mol. The molecule has 1 atom stereocenters. The van der Waals surface area contributed by atoms with E-state index >= 15 is 0 Å². The topological polar surface area (TPSA) is 25.9 Å². The molecule has 24 rings (SSSR count). The van der Waals surface area contributed by atoms with Crippen molar-refractivity contribution in [3.05, 3.63) is 644 Å². The van der Waals surface area contributed by atoms with Gasteiger partial charge in [0.05, 0.1) is 10.4 Å². The van der Waals surface area contributed by atoms with Crippen molar-refractivity contribution in [2.45, 2.75) is 11.3 Å². The molecule has 1 aliphatic carbocycles. The van der Waals surface area contributed by atoms with Gasteiger partial charge < -0.3 is 19.6 Å². The fourth-order valence-corrected chi connectivity index (χ4v) is 21.4. The molecule has 146 heavy (non-hydrogen) atoms. The maximum atomic E-state index is 7.13. The van der Waals surface area contributed by atoms with Gasteiger partial charge in [-0.05, 0) is 286 Å². The lowest BCUT2D eigenvalue weighted by Gasteiger charge is -2.35. The van der Waals surface area contributed by atoms with Crippen molar-refractivity contribution in [2.24, 2.45) is 0 Å². The SMILES string of the molecule is Clc1ccccc1-c1ccc(N(c2ccc(-c3ccccc3)cc2)c2ccc(C(c3ccccc3)c3ccc(N(c4ccc(-c5ccccc5)cc4)c4ccc(-c5cccnc5)cc4)cc3)cc2)cc1Cl.c1ccc(-c2ccc(N(c3ccc(-c4ccccc4)cc3)c3ccc(C4(c5ccc(N(c6ccc(-c7ccccc7)cc6)c6ccc(-c7ccccc7)cc6)cc5)c5ccccc5-c5ccccc54)cc3)cc2)cc1. The average Bonchev–Trinajstić information content (AvgIpc) is 1.53. The van der Waals surface area contributed by atoms with Gasteiger partial charge in [0.1, 0.15) is 0 Å². The Balaban J connectivity index is 0.000000161. The van der Waals surface area contributed by atoms with Gasteiger partial charge in [-0.25, -0.2) is 0 Å². The summed E-state index contributed by atoms with van der Waals surface area (Å²) >= 11 is 13.8. The smallest absolute Gasteiger partial charge is 0.0713 e. The molecule has 23 aromatic rings. The van der Waals surface area contributed by atoms with Crippen molar-refractivity contribution >= 4 is 91.5 Å². The molecule has 0 amide bonds. The van der Waals surface area contributed by atoms with Gasteiger partial charge in [-0.15, -0.1) is 0 Å². The predicted molar refractivity (Wildman–Crippen MR) is 614 cm³/mol. The third kappa shape index (κ3) is 18.9. The highest BCUT2D eigenvalue weighted by Gasteiger charge is 2.46. The summed E-state index contributed by atoms with van der Waals surface area (Å²) in [5.74, 6) is -0.0281. The van der Waals surface area contributed by atoms with Crippen molar-refractivity contribution in [2.75, 3.05) is 19.6 Å². The van der Waals surface area contributed by atoms with Gasteiger partial charge in [0.25, 0.3) is 0 Å². The van der Waals surface area contributed by atoms with Crippen LogP contribution in [0.4, 0.5) is 68.2 Å². The van der Waals surface area contributed by atoms with Crippen molar-refractivity contribution in [3.63, 3.8) is 0 Å². The zero-order valence-corrected chi connectivity index (χ0v) is 81.7. The molecule has 5 nitrogen and oxygen atoms in total. The van der Waals surface area contributed by atoms with Crippen molar-refractivity contribution in [3.8, 4) is 100 Å². The molecule has 0 saturated heterocycles. The van der Waals surface area contributed by atoms with Crippen LogP contribution in [0, 0.1) is 0 Å². The van der Waals surface area contributed by atoms with Gasteiger partial charge in [-0.3, -0.25) is 4.98 Å². The normalized spacial score (nSPS) is 11.8. The highest BCUT2D eigenvalue weighted by Crippen LogP contribution is 2.58. The van der Waals surface area contributed by atoms with E-state index in [-0.39, 0.29) is 5.92 Å². The van der Waals surface area contributed by atoms with Gasteiger partial charge >= 0.3 is 0 Å². The average molecular weight is 1910 g/mol. The third-order valence-electron chi connectivity index (χ3n) is 28.1. The summed E-state index contributed by atoms with van der Waals surface area (Å²) in [6.45, 7) is 0. The lowest BCUT2D eigenvalue weighted by atomic mass is 9.67. The Morgan fingerprint density at radius 3 is 0.658 bits per heavy atom. The van der Waals surface area contributed by atoms with Crippen LogP contribution in [-0.2, 0) is 5.41 Å². The second kappa shape index (κ2) is 41.9. The van der Waals surface area contributed by atoms with Crippen LogP contribution in [0.15, 0.2) is 595 Å². The minimum Gasteiger partial charge on any atom is -0.311 e. The van der Waals surface area contributed by atoms with E-state index in [0.717, 1.165) is 96.1 Å². The number of rotatable bonds is 25. The van der Waals surface area contributed by atoms with E-state index in [1.807, 2.05) is 54.9 Å². The first-order chi connectivity index (χ1) is 72.2. The largest absolute Gasteiger partial charge is 0.311 e. The molecule has 1 aromatic heterocycles. The Hall–Kier alpha value is -18.2. The van der Waals surface area contributed by atoms with Crippen LogP contribution in [-0.4, -0.2) is 4.98 Å². The Labute approximate surface area is 864 Å². The molecule has 1 unspecified atom stereocenters. The van der Waals surface area contributed by atoms with Crippen LogP contribution in [0.5, 0.6) is 0 Å². The van der Waals surface area contributed by atoms with E-state index in [0.29, 0.717) is 10.0 Å². The highest BCUT2D eigenvalue weighted by atomic mass is 35.5. The van der Waals surface area contributed by atoms with Gasteiger partial charge in [0.15, 0.2) is 0 Å². The molecule has 0 radical (unpaired) electrons. The van der Waals surface area contributed by atoms with Gasteiger partial charge in [-0.2, -0.15) is 0 Å². The maximum absolute atomic E-state index is 7.13. The molecule has 0 spiro atoms. The number of aromatic nitrogens is 1. The minimum atomic E-state index is -0.594. The standard InChI is InChI=1S/C73H52N2.C66H47Cl2N3/c1-5-17-53(18-6-1)57-29-41-63(42-30-57)74(64-43-31-58(32-44-64)54-19-7-2-8-20-54)67-49-37-61(38-50-67)73(71-27-15-13-25-69(71)70-26-14-16-28-72(70)73)62-39-51-68(52-40-62)75(65-45-33-59(34-46-65)55-21-9-3-10-22-55)66-47-35-60(36-48-66)56-23-11-4-12-24-56;67-64-21-11-10-20-62(64)63-43-42-61(45-65(63)68)71(59-34-24-50(25-35-59)48-15-6-2-7-16-48)60-40-30-54(31-41-60)66(52-17-8-3-9-18-52)53-28-38-58(39-29-53)70(56-32-22-49(23-33-56)47-13-4-1-5-14-47)57-36-26-51(27-37-57)55-19-12-44-69-46-55/h1-52H;1-46,66H. The van der Waals surface area contributed by atoms with Crippen LogP contribution in [0.2, 0.25) is 10.0 Å². The molecule has 0 bridgehead atoms. The molecule has 7 heteroatoms. The zero-order valence-electron chi connectivity index (χ0n) is 80.1. The quantitative estimate of drug-likeness (QED) is 0.0531. The number of hydrogen-bond acceptors (Lipinski definition) is 5. The first-order valence-electron chi connectivity index (χ1n) is 49.6. The first kappa shape index (κ1) is 91.5. The number of halogens is 2. The summed E-state index contributed by atoms with van der Waals surface area (Å²) in [7, 11) is 0. The fraction of sp³-hybridized carbons (Fsp3) is 0.0144. The number of pyridine rings is 1. The maximum Gasteiger partial charge on any atom is 0.0713 e. The van der Waals surface area contributed by atoms with Crippen LogP contribution >= 0.6 is 23.2 Å². The van der Waals surface area contributed by atoms with Crippen molar-refractivity contribution < 1.29 is 0 Å². The molecular weight excluding hydrogens is 1810 g/mol. The summed E-state index contributed by atoms with van der Waals surface area (Å²) in [6.07, 6.45) is 3.71. The lowest BCUT2D eigenvalue weighted by molar-refractivity contribution is 0.768. The van der Waals surface area contributed by atoms with Crippen LogP contribution in [0.1, 0.15) is 44.9 Å². The second-order valence-corrected chi connectivity index (χ2v) is 37.5. The molecule has 0 fully saturated rings. The molecule has 0 N–H and O–H groups in total. The molecule has 0 saturated carbocycles. The highest BCUT2D eigenvalue weighted by molar-refractivity contribution is 6.36. The Bertz CT molecular complexity index is 7840. The third-order valence-corrected chi connectivity index (χ3v) is 28.7. The predicted octanol–water partition coefficient (Wildman–Crippen LogP) is 38.8. The van der Waals surface area contributed by atoms with E-state index in [9.17, 15) is 0 Å². The Kier molecular flexibility index (Phi) is 26.3. The van der Waals surface area contributed by atoms with Gasteiger partial charge in [-0.1, -0.05) is 448 Å². The zero-order chi connectivity index (χ0) is 97.9. The summed E-state index contributed by atoms with van der Waals surface area (Å²) in [4.78, 5) is 13.7. The Morgan fingerprint density at radius 1 is 0.164 bits per heavy atom. The molecule has 1 heterocycles. The molecular formula is C139H99Cl2N5. The summed E-state index contributed by atoms with van der Waals surface area (Å²) in [6, 6.07) is 209. The summed E-state index contributed by atoms with van der Waals surface area (Å²) in [5, 5.41) is 1.28. The number of hydrogen-bond donors (Lipinski definition) is 0. The summed E-state index contributed by atoms with van der Waals surface area (Å²) < 4.78 is 0. The number of nitrogens with zero attached hydrogens (tertiary/aromatic N) is 5. The van der Waals surface area contributed by atoms with Crippen LogP contribution in [0.3, 0.4) is 0 Å². The lowest BCUT2D eigenvalue weighted by Crippen LogP contribution is -2.28. The van der Waals surface area contributed by atoms with Crippen molar-refractivity contribution in [1.82, 2.24) is 4.98 Å². The molecule has 0 aliphatic heterocycles. The molecule has 22 aromatic carbocycles. The van der Waals surface area contributed by atoms with Crippen LogP contribution in [0.25, 0.3) is 100 Å². The molecule has 1 aliphatic rings. The van der Waals surface area contributed by atoms with E-state index in [1.165, 1.54) is 111 Å². The Morgan fingerprint density at radius 2 is 0.377 bits per heavy atom. The minimum absolute atomic E-state index is 0.0281. The number of benzene rings is 22. The van der Waals surface area contributed by atoms with E-state index in [2.05, 4.69) is 564 Å². The van der Waals surface area contributed by atoms with Crippen molar-refractivity contribution in [1.29, 1.82) is 0 Å². The van der Waals surface area contributed by atoms with Gasteiger partial charge in [0.2, 0.25) is 0 Å². The van der Waals surface area contributed by atoms with Gasteiger partial charge in [0, 0.05) is 103 Å². The van der Waals surface area contributed by atoms with E-state index in [4.69, 9.17) is 23.2 Å².